The predicted octanol–water partition coefficient (Wildman–Crippen LogP) is 1.38. The average molecular weight is 496 g/mol. The van der Waals surface area contributed by atoms with E-state index in [4.69, 9.17) is 11.5 Å². The number of anilines is 1. The normalized spacial score (nSPS) is 15.6. The van der Waals surface area contributed by atoms with Crippen LogP contribution < -0.4 is 22.1 Å². The monoisotopic (exact) mass is 495 g/mol. The van der Waals surface area contributed by atoms with Crippen LogP contribution >= 0.6 is 0 Å². The lowest BCUT2D eigenvalue weighted by molar-refractivity contribution is -0.384. The van der Waals surface area contributed by atoms with Crippen LogP contribution in [0.1, 0.15) is 36.0 Å². The molecule has 1 saturated heterocycles. The number of rotatable bonds is 10. The maximum absolute atomic E-state index is 13.2. The quantitative estimate of drug-likeness (QED) is 0.126. The van der Waals surface area contributed by atoms with Gasteiger partial charge in [0.05, 0.1) is 4.92 Å². The highest BCUT2D eigenvalue weighted by Crippen LogP contribution is 2.21. The van der Waals surface area contributed by atoms with E-state index < -0.39 is 28.8 Å². The van der Waals surface area contributed by atoms with Crippen LogP contribution in [0.25, 0.3) is 0 Å². The number of nitro benzene ring substituents is 1. The number of non-ortho nitro benzene ring substituents is 1. The van der Waals surface area contributed by atoms with Crippen LogP contribution in [0.15, 0.2) is 59.6 Å². The first-order valence-corrected chi connectivity index (χ1v) is 11.5. The van der Waals surface area contributed by atoms with Crippen molar-refractivity contribution in [2.45, 2.75) is 37.8 Å². The van der Waals surface area contributed by atoms with E-state index in [0.29, 0.717) is 37.1 Å². The third kappa shape index (κ3) is 7.01. The van der Waals surface area contributed by atoms with E-state index in [9.17, 15) is 24.5 Å². The summed E-state index contributed by atoms with van der Waals surface area (Å²) < 4.78 is 0. The molecular weight excluding hydrogens is 466 g/mol. The number of nitro groups is 1. The van der Waals surface area contributed by atoms with Crippen molar-refractivity contribution in [3.05, 3.63) is 70.3 Å². The van der Waals surface area contributed by atoms with Crippen molar-refractivity contribution >= 4 is 35.1 Å². The van der Waals surface area contributed by atoms with E-state index in [1.165, 1.54) is 29.2 Å². The molecule has 2 atom stereocenters. The van der Waals surface area contributed by atoms with E-state index >= 15 is 0 Å². The smallest absolute Gasteiger partial charge is 0.269 e. The SMILES string of the molecule is NC(N)=NCCC[C@H](NC(=O)[C@@H]1CCCN1C(=O)c1ccccc1)C(=O)Nc1ccc([N+](=O)[O-])cc1. The number of hydrogen-bond acceptors (Lipinski definition) is 6. The molecule has 2 aromatic carbocycles. The fraction of sp³-hybridized carbons (Fsp3) is 0.333. The number of guanidine groups is 1. The van der Waals surface area contributed by atoms with Gasteiger partial charge in [-0.25, -0.2) is 0 Å². The second kappa shape index (κ2) is 12.3. The Kier molecular flexibility index (Phi) is 8.92. The second-order valence-corrected chi connectivity index (χ2v) is 8.33. The number of nitrogens with two attached hydrogens (primary N) is 2. The van der Waals surface area contributed by atoms with Gasteiger partial charge in [0.2, 0.25) is 11.8 Å². The molecule has 2 aromatic rings. The number of carbonyl (C=O) groups is 3. The Hall–Kier alpha value is -4.48. The van der Waals surface area contributed by atoms with E-state index in [2.05, 4.69) is 15.6 Å². The molecule has 0 aromatic heterocycles. The topological polar surface area (TPSA) is 186 Å². The summed E-state index contributed by atoms with van der Waals surface area (Å²) in [5, 5.41) is 16.3. The highest BCUT2D eigenvalue weighted by Gasteiger charge is 2.36. The van der Waals surface area contributed by atoms with Gasteiger partial charge in [0.1, 0.15) is 12.1 Å². The number of carbonyl (C=O) groups excluding carboxylic acids is 3. The van der Waals surface area contributed by atoms with Crippen molar-refractivity contribution in [1.82, 2.24) is 10.2 Å². The van der Waals surface area contributed by atoms with Gasteiger partial charge in [-0.1, -0.05) is 18.2 Å². The Morgan fingerprint density at radius 1 is 1.11 bits per heavy atom. The van der Waals surface area contributed by atoms with Crippen molar-refractivity contribution in [2.75, 3.05) is 18.4 Å². The lowest BCUT2D eigenvalue weighted by Gasteiger charge is -2.26. The van der Waals surface area contributed by atoms with Crippen LogP contribution in [0, 0.1) is 10.1 Å². The van der Waals surface area contributed by atoms with Crippen LogP contribution in [-0.4, -0.2) is 58.7 Å². The van der Waals surface area contributed by atoms with E-state index in [0.717, 1.165) is 0 Å². The van der Waals surface area contributed by atoms with Gasteiger partial charge in [0.25, 0.3) is 11.6 Å². The zero-order valence-corrected chi connectivity index (χ0v) is 19.6. The van der Waals surface area contributed by atoms with Crippen molar-refractivity contribution in [1.29, 1.82) is 0 Å². The number of nitrogens with zero attached hydrogens (tertiary/aromatic N) is 3. The van der Waals surface area contributed by atoms with Crippen LogP contribution in [0.5, 0.6) is 0 Å². The van der Waals surface area contributed by atoms with Crippen molar-refractivity contribution < 1.29 is 19.3 Å². The lowest BCUT2D eigenvalue weighted by atomic mass is 10.1. The highest BCUT2D eigenvalue weighted by atomic mass is 16.6. The van der Waals surface area contributed by atoms with Gasteiger partial charge in [-0.05, 0) is 49.9 Å². The Balaban J connectivity index is 1.70. The van der Waals surface area contributed by atoms with Crippen molar-refractivity contribution in [2.24, 2.45) is 16.5 Å². The summed E-state index contributed by atoms with van der Waals surface area (Å²) in [7, 11) is 0. The predicted molar refractivity (Wildman–Crippen MR) is 134 cm³/mol. The van der Waals surface area contributed by atoms with Gasteiger partial charge < -0.3 is 27.0 Å². The van der Waals surface area contributed by atoms with Crippen LogP contribution in [0.3, 0.4) is 0 Å². The van der Waals surface area contributed by atoms with Gasteiger partial charge in [-0.15, -0.1) is 0 Å². The molecule has 1 heterocycles. The van der Waals surface area contributed by atoms with Crippen molar-refractivity contribution in [3.63, 3.8) is 0 Å². The van der Waals surface area contributed by atoms with E-state index in [-0.39, 0.29) is 30.5 Å². The molecule has 12 nitrogen and oxygen atoms in total. The molecule has 0 spiro atoms. The highest BCUT2D eigenvalue weighted by molar-refractivity contribution is 6.00. The molecular formula is C24H29N7O5. The number of hydrogen-bond donors (Lipinski definition) is 4. The minimum atomic E-state index is -0.934. The summed E-state index contributed by atoms with van der Waals surface area (Å²) in [4.78, 5) is 54.9. The molecule has 1 fully saturated rings. The second-order valence-electron chi connectivity index (χ2n) is 8.33. The summed E-state index contributed by atoms with van der Waals surface area (Å²) in [6.07, 6.45) is 1.80. The fourth-order valence-corrected chi connectivity index (χ4v) is 3.97. The Morgan fingerprint density at radius 2 is 1.81 bits per heavy atom. The Bertz CT molecular complexity index is 1120. The molecule has 0 aliphatic carbocycles. The lowest BCUT2D eigenvalue weighted by Crippen LogP contribution is -2.52. The molecule has 12 heteroatoms. The van der Waals surface area contributed by atoms with Gasteiger partial charge in [-0.3, -0.25) is 29.5 Å². The molecule has 6 N–H and O–H groups in total. The zero-order chi connectivity index (χ0) is 26.1. The van der Waals surface area contributed by atoms with E-state index in [1.807, 2.05) is 0 Å². The molecule has 0 bridgehead atoms. The fourth-order valence-electron chi connectivity index (χ4n) is 3.97. The minimum absolute atomic E-state index is 0.0769. The number of likely N-dealkylation sites (tertiary alicyclic amines) is 1. The van der Waals surface area contributed by atoms with Crippen molar-refractivity contribution in [3.8, 4) is 0 Å². The first kappa shape index (κ1) is 26.1. The van der Waals surface area contributed by atoms with E-state index in [1.54, 1.807) is 30.3 Å². The molecule has 0 saturated carbocycles. The summed E-state index contributed by atoms with van der Waals surface area (Å²) in [6.45, 7) is 0.706. The molecule has 0 radical (unpaired) electrons. The van der Waals surface area contributed by atoms with Crippen LogP contribution in [0.2, 0.25) is 0 Å². The molecule has 3 amide bonds. The van der Waals surface area contributed by atoms with Gasteiger partial charge in [0.15, 0.2) is 5.96 Å². The zero-order valence-electron chi connectivity index (χ0n) is 19.6. The maximum atomic E-state index is 13.2. The summed E-state index contributed by atoms with van der Waals surface area (Å²) in [5.74, 6) is -1.25. The number of benzene rings is 2. The molecule has 1 aliphatic rings. The summed E-state index contributed by atoms with van der Waals surface area (Å²) in [6, 6.07) is 12.4. The third-order valence-electron chi connectivity index (χ3n) is 5.76. The number of amides is 3. The summed E-state index contributed by atoms with van der Waals surface area (Å²) in [5.41, 5.74) is 11.4. The Morgan fingerprint density at radius 3 is 2.44 bits per heavy atom. The average Bonchev–Trinajstić information content (AvgIpc) is 3.36. The minimum Gasteiger partial charge on any atom is -0.370 e. The molecule has 1 aliphatic heterocycles. The van der Waals surface area contributed by atoms with Crippen LogP contribution in [0.4, 0.5) is 11.4 Å². The first-order valence-electron chi connectivity index (χ1n) is 11.5. The summed E-state index contributed by atoms with van der Waals surface area (Å²) >= 11 is 0. The maximum Gasteiger partial charge on any atom is 0.269 e. The first-order chi connectivity index (χ1) is 17.3. The third-order valence-corrected chi connectivity index (χ3v) is 5.76. The van der Waals surface area contributed by atoms with Gasteiger partial charge in [0, 0.05) is 36.5 Å². The standard InChI is InChI=1S/C24H29N7O5/c25-24(26)27-14-4-8-19(21(32)28-17-10-12-18(13-11-17)31(35)36)29-22(33)20-9-5-15-30(20)23(34)16-6-2-1-3-7-16/h1-3,6-7,10-13,19-20H,4-5,8-9,14-15H2,(H,28,32)(H,29,33)(H4,25,26,27)/t19-,20-/m0/s1. The largest absolute Gasteiger partial charge is 0.370 e. The van der Waals surface area contributed by atoms with Crippen LogP contribution in [-0.2, 0) is 9.59 Å². The van der Waals surface area contributed by atoms with Gasteiger partial charge in [-0.2, -0.15) is 0 Å². The molecule has 36 heavy (non-hydrogen) atoms. The molecule has 0 unspecified atom stereocenters. The number of nitrogens with one attached hydrogen (secondary N) is 2. The Labute approximate surface area is 207 Å². The molecule has 190 valence electrons. The molecule has 3 rings (SSSR count). The number of aliphatic imine (C=N–C) groups is 1. The van der Waals surface area contributed by atoms with Gasteiger partial charge >= 0.3 is 0 Å².